The van der Waals surface area contributed by atoms with E-state index >= 15 is 0 Å². The highest BCUT2D eigenvalue weighted by atomic mass is 35.5. The molecule has 5 nitrogen and oxygen atoms in total. The van der Waals surface area contributed by atoms with Crippen molar-refractivity contribution < 1.29 is 0 Å². The number of pyridine rings is 2. The van der Waals surface area contributed by atoms with Crippen LogP contribution in [0, 0.1) is 0 Å². The lowest BCUT2D eigenvalue weighted by Gasteiger charge is -2.33. The van der Waals surface area contributed by atoms with Crippen LogP contribution in [0.25, 0.3) is 0 Å². The molecule has 25 heavy (non-hydrogen) atoms. The maximum atomic E-state index is 5.96. The fourth-order valence-corrected chi connectivity index (χ4v) is 3.54. The smallest absolute Gasteiger partial charge is 0.128 e. The van der Waals surface area contributed by atoms with Crippen LogP contribution in [0.15, 0.2) is 55.1 Å². The van der Waals surface area contributed by atoms with Gasteiger partial charge in [0.05, 0.1) is 17.3 Å². The van der Waals surface area contributed by atoms with Crippen molar-refractivity contribution in [3.63, 3.8) is 0 Å². The topological polar surface area (TPSA) is 46.8 Å². The molecule has 0 bridgehead atoms. The highest BCUT2D eigenvalue weighted by Crippen LogP contribution is 2.29. The lowest BCUT2D eigenvalue weighted by atomic mass is 9.97. The fraction of sp³-hybridized carbons (Fsp3) is 0.316. The van der Waals surface area contributed by atoms with Crippen LogP contribution >= 0.6 is 11.6 Å². The van der Waals surface area contributed by atoms with Gasteiger partial charge in [-0.15, -0.1) is 0 Å². The Bertz CT molecular complexity index is 815. The molecule has 1 aliphatic rings. The minimum absolute atomic E-state index is 0.393. The first-order valence-corrected chi connectivity index (χ1v) is 8.95. The molecule has 3 aromatic heterocycles. The number of hydrogen-bond donors (Lipinski definition) is 0. The van der Waals surface area contributed by atoms with E-state index < -0.39 is 0 Å². The van der Waals surface area contributed by atoms with Crippen molar-refractivity contribution in [3.05, 3.63) is 71.7 Å². The van der Waals surface area contributed by atoms with Crippen LogP contribution in [0.4, 0.5) is 5.82 Å². The van der Waals surface area contributed by atoms with E-state index in [1.54, 1.807) is 6.20 Å². The van der Waals surface area contributed by atoms with E-state index in [1.807, 2.05) is 42.9 Å². The Balaban J connectivity index is 1.52. The number of halogens is 1. The van der Waals surface area contributed by atoms with Gasteiger partial charge in [-0.05, 0) is 37.1 Å². The van der Waals surface area contributed by atoms with Crippen molar-refractivity contribution in [2.75, 3.05) is 18.0 Å². The summed E-state index contributed by atoms with van der Waals surface area (Å²) >= 11 is 5.96. The average molecular weight is 354 g/mol. The SMILES string of the molecule is Clc1ccc(N2CCC[C@H](c3nccn3Cc3ccccn3)C2)nc1. The number of imidazole rings is 1. The maximum absolute atomic E-state index is 5.96. The lowest BCUT2D eigenvalue weighted by molar-refractivity contribution is 0.473. The predicted molar refractivity (Wildman–Crippen MR) is 99.0 cm³/mol. The van der Waals surface area contributed by atoms with Crippen molar-refractivity contribution in [1.29, 1.82) is 0 Å². The number of nitrogens with zero attached hydrogens (tertiary/aromatic N) is 5. The van der Waals surface area contributed by atoms with Crippen LogP contribution in [-0.2, 0) is 6.54 Å². The summed E-state index contributed by atoms with van der Waals surface area (Å²) < 4.78 is 2.21. The fourth-order valence-electron chi connectivity index (χ4n) is 3.43. The van der Waals surface area contributed by atoms with Gasteiger partial charge in [0.25, 0.3) is 0 Å². The molecule has 0 spiro atoms. The predicted octanol–water partition coefficient (Wildman–Crippen LogP) is 3.76. The second-order valence-corrected chi connectivity index (χ2v) is 6.79. The summed E-state index contributed by atoms with van der Waals surface area (Å²) in [6.07, 6.45) is 9.75. The van der Waals surface area contributed by atoms with E-state index in [-0.39, 0.29) is 0 Å². The number of hydrogen-bond acceptors (Lipinski definition) is 4. The molecule has 0 radical (unpaired) electrons. The molecule has 0 amide bonds. The summed E-state index contributed by atoms with van der Waals surface area (Å²) in [5.41, 5.74) is 1.05. The molecule has 6 heteroatoms. The van der Waals surface area contributed by atoms with Crippen LogP contribution in [0.3, 0.4) is 0 Å². The van der Waals surface area contributed by atoms with E-state index in [0.29, 0.717) is 10.9 Å². The Morgan fingerprint density at radius 3 is 2.84 bits per heavy atom. The summed E-state index contributed by atoms with van der Waals surface area (Å²) in [5.74, 6) is 2.51. The second-order valence-electron chi connectivity index (χ2n) is 6.35. The van der Waals surface area contributed by atoms with E-state index in [2.05, 4.69) is 30.5 Å². The third kappa shape index (κ3) is 3.66. The minimum atomic E-state index is 0.393. The highest BCUT2D eigenvalue weighted by Gasteiger charge is 2.25. The van der Waals surface area contributed by atoms with E-state index in [4.69, 9.17) is 11.6 Å². The Hall–Kier alpha value is -2.40. The molecule has 0 aromatic carbocycles. The largest absolute Gasteiger partial charge is 0.356 e. The van der Waals surface area contributed by atoms with Crippen LogP contribution in [0.1, 0.15) is 30.3 Å². The third-order valence-corrected chi connectivity index (χ3v) is 4.85. The van der Waals surface area contributed by atoms with Gasteiger partial charge >= 0.3 is 0 Å². The number of rotatable bonds is 4. The molecule has 1 fully saturated rings. The zero-order valence-electron chi connectivity index (χ0n) is 13.9. The van der Waals surface area contributed by atoms with Crippen molar-refractivity contribution >= 4 is 17.4 Å². The van der Waals surface area contributed by atoms with Gasteiger partial charge in [-0.25, -0.2) is 9.97 Å². The lowest BCUT2D eigenvalue weighted by Crippen LogP contribution is -2.36. The van der Waals surface area contributed by atoms with Crippen molar-refractivity contribution in [2.24, 2.45) is 0 Å². The summed E-state index contributed by atoms with van der Waals surface area (Å²) in [6, 6.07) is 9.90. The van der Waals surface area contributed by atoms with Gasteiger partial charge in [-0.1, -0.05) is 17.7 Å². The van der Waals surface area contributed by atoms with Crippen LogP contribution in [0.5, 0.6) is 0 Å². The van der Waals surface area contributed by atoms with Gasteiger partial charge in [-0.3, -0.25) is 4.98 Å². The summed E-state index contributed by atoms with van der Waals surface area (Å²) in [5, 5.41) is 0.670. The molecule has 4 heterocycles. The standard InChI is InChI=1S/C19H20ClN5/c20-16-6-7-18(23-12-16)24-10-3-4-15(13-24)19-22-9-11-25(19)14-17-5-1-2-8-21-17/h1-2,5-9,11-12,15H,3-4,10,13-14H2/t15-/m0/s1. The van der Waals surface area contributed by atoms with Crippen LogP contribution < -0.4 is 4.90 Å². The van der Waals surface area contributed by atoms with Crippen molar-refractivity contribution in [2.45, 2.75) is 25.3 Å². The van der Waals surface area contributed by atoms with Crippen molar-refractivity contribution in [3.8, 4) is 0 Å². The molecule has 1 saturated heterocycles. The van der Waals surface area contributed by atoms with Gasteiger partial charge in [-0.2, -0.15) is 0 Å². The van der Waals surface area contributed by atoms with Crippen LogP contribution in [-0.4, -0.2) is 32.6 Å². The molecule has 128 valence electrons. The molecule has 4 rings (SSSR count). The second kappa shape index (κ2) is 7.23. The van der Waals surface area contributed by atoms with Gasteiger partial charge in [0.2, 0.25) is 0 Å². The first kappa shape index (κ1) is 16.1. The van der Waals surface area contributed by atoms with E-state index in [0.717, 1.165) is 49.8 Å². The quantitative estimate of drug-likeness (QED) is 0.716. The van der Waals surface area contributed by atoms with Gasteiger partial charge in [0.15, 0.2) is 0 Å². The Morgan fingerprint density at radius 1 is 1.08 bits per heavy atom. The Labute approximate surface area is 152 Å². The van der Waals surface area contributed by atoms with Crippen molar-refractivity contribution in [1.82, 2.24) is 19.5 Å². The highest BCUT2D eigenvalue weighted by molar-refractivity contribution is 6.30. The first-order chi connectivity index (χ1) is 12.3. The number of piperidine rings is 1. The maximum Gasteiger partial charge on any atom is 0.128 e. The normalized spacial score (nSPS) is 17.6. The molecule has 0 unspecified atom stereocenters. The molecule has 0 N–H and O–H groups in total. The third-order valence-electron chi connectivity index (χ3n) is 4.63. The van der Waals surface area contributed by atoms with Crippen LogP contribution in [0.2, 0.25) is 5.02 Å². The zero-order valence-corrected chi connectivity index (χ0v) is 14.7. The first-order valence-electron chi connectivity index (χ1n) is 8.57. The summed E-state index contributed by atoms with van der Waals surface area (Å²) in [7, 11) is 0. The summed E-state index contributed by atoms with van der Waals surface area (Å²) in [6.45, 7) is 2.70. The average Bonchev–Trinajstić information content (AvgIpc) is 3.11. The minimum Gasteiger partial charge on any atom is -0.356 e. The number of anilines is 1. The van der Waals surface area contributed by atoms with Gasteiger partial charge < -0.3 is 9.47 Å². The molecule has 3 aromatic rings. The summed E-state index contributed by atoms with van der Waals surface area (Å²) in [4.78, 5) is 15.9. The molecular formula is C19H20ClN5. The van der Waals surface area contributed by atoms with E-state index in [9.17, 15) is 0 Å². The Morgan fingerprint density at radius 2 is 2.04 bits per heavy atom. The number of aromatic nitrogens is 4. The molecular weight excluding hydrogens is 334 g/mol. The molecule has 1 aliphatic heterocycles. The molecule has 1 atom stereocenters. The van der Waals surface area contributed by atoms with E-state index in [1.165, 1.54) is 0 Å². The zero-order chi connectivity index (χ0) is 17.1. The molecule has 0 saturated carbocycles. The van der Waals surface area contributed by atoms with Gasteiger partial charge in [0, 0.05) is 43.8 Å². The Kier molecular flexibility index (Phi) is 4.65. The molecule has 0 aliphatic carbocycles. The monoisotopic (exact) mass is 353 g/mol. The van der Waals surface area contributed by atoms with Gasteiger partial charge in [0.1, 0.15) is 11.6 Å².